The van der Waals surface area contributed by atoms with Gasteiger partial charge in [0.2, 0.25) is 5.95 Å². The van der Waals surface area contributed by atoms with Crippen molar-refractivity contribution in [1.82, 2.24) is 9.97 Å². The van der Waals surface area contributed by atoms with E-state index in [2.05, 4.69) is 27.5 Å². The fourth-order valence-electron chi connectivity index (χ4n) is 2.10. The Kier molecular flexibility index (Phi) is 4.90. The van der Waals surface area contributed by atoms with E-state index < -0.39 is 11.9 Å². The predicted octanol–water partition coefficient (Wildman–Crippen LogP) is 3.78. The van der Waals surface area contributed by atoms with Crippen LogP contribution in [0.5, 0.6) is 0 Å². The third kappa shape index (κ3) is 4.75. The Bertz CT molecular complexity index is 472. The average Bonchev–Trinajstić information content (AvgIpc) is 3.26. The van der Waals surface area contributed by atoms with Gasteiger partial charge in [-0.1, -0.05) is 13.8 Å². The van der Waals surface area contributed by atoms with Crippen LogP contribution < -0.4 is 10.6 Å². The van der Waals surface area contributed by atoms with Gasteiger partial charge in [0.1, 0.15) is 5.82 Å². The summed E-state index contributed by atoms with van der Waals surface area (Å²) in [6.45, 7) is 5.20. The van der Waals surface area contributed by atoms with Gasteiger partial charge in [0.05, 0.1) is 0 Å². The first-order valence-corrected chi connectivity index (χ1v) is 7.34. The van der Waals surface area contributed by atoms with Gasteiger partial charge in [0, 0.05) is 19.2 Å². The first kappa shape index (κ1) is 15.9. The Balaban J connectivity index is 2.09. The highest BCUT2D eigenvalue weighted by atomic mass is 19.4. The van der Waals surface area contributed by atoms with E-state index in [1.165, 1.54) is 12.8 Å². The predicted molar refractivity (Wildman–Crippen MR) is 76.2 cm³/mol. The molecule has 0 spiro atoms. The summed E-state index contributed by atoms with van der Waals surface area (Å²) in [6, 6.07) is 0.969. The maximum Gasteiger partial charge on any atom is 0.433 e. The van der Waals surface area contributed by atoms with Gasteiger partial charge in [-0.25, -0.2) is 4.98 Å². The van der Waals surface area contributed by atoms with Crippen molar-refractivity contribution in [3.8, 4) is 0 Å². The Morgan fingerprint density at radius 2 is 2.00 bits per heavy atom. The van der Waals surface area contributed by atoms with Crippen molar-refractivity contribution in [2.75, 3.05) is 23.7 Å². The molecule has 118 valence electrons. The second kappa shape index (κ2) is 6.49. The monoisotopic (exact) mass is 302 g/mol. The number of anilines is 2. The summed E-state index contributed by atoms with van der Waals surface area (Å²) < 4.78 is 38.6. The summed E-state index contributed by atoms with van der Waals surface area (Å²) in [6.07, 6.45) is -1.25. The van der Waals surface area contributed by atoms with E-state index in [4.69, 9.17) is 0 Å². The van der Waals surface area contributed by atoms with Crippen LogP contribution in [-0.2, 0) is 6.18 Å². The first-order valence-electron chi connectivity index (χ1n) is 7.34. The number of halogens is 3. The molecule has 1 heterocycles. The minimum absolute atomic E-state index is 0.0215. The molecule has 7 heteroatoms. The summed E-state index contributed by atoms with van der Waals surface area (Å²) in [5, 5.41) is 5.81. The highest BCUT2D eigenvalue weighted by Gasteiger charge is 2.34. The molecular weight excluding hydrogens is 281 g/mol. The number of rotatable bonds is 7. The summed E-state index contributed by atoms with van der Waals surface area (Å²) in [4.78, 5) is 7.63. The molecule has 0 amide bonds. The van der Waals surface area contributed by atoms with Gasteiger partial charge in [-0.15, -0.1) is 0 Å². The van der Waals surface area contributed by atoms with Crippen LogP contribution in [0.4, 0.5) is 24.9 Å². The molecule has 0 radical (unpaired) electrons. The van der Waals surface area contributed by atoms with Crippen LogP contribution >= 0.6 is 0 Å². The molecular formula is C14H21F3N4. The van der Waals surface area contributed by atoms with E-state index in [-0.39, 0.29) is 11.8 Å². The smallest absolute Gasteiger partial charge is 0.370 e. The van der Waals surface area contributed by atoms with Crippen molar-refractivity contribution in [2.24, 2.45) is 11.8 Å². The molecule has 1 fully saturated rings. The molecule has 1 aromatic heterocycles. The van der Waals surface area contributed by atoms with E-state index in [1.807, 2.05) is 6.92 Å². The lowest BCUT2D eigenvalue weighted by atomic mass is 10.1. The lowest BCUT2D eigenvalue weighted by Gasteiger charge is -2.15. The number of hydrogen-bond acceptors (Lipinski definition) is 4. The molecule has 0 bridgehead atoms. The highest BCUT2D eigenvalue weighted by Crippen LogP contribution is 2.36. The molecule has 2 N–H and O–H groups in total. The van der Waals surface area contributed by atoms with E-state index in [0.717, 1.165) is 12.5 Å². The van der Waals surface area contributed by atoms with Gasteiger partial charge >= 0.3 is 6.18 Å². The van der Waals surface area contributed by atoms with Crippen LogP contribution in [0.2, 0.25) is 0 Å². The molecule has 1 aliphatic carbocycles. The van der Waals surface area contributed by atoms with E-state index >= 15 is 0 Å². The Labute approximate surface area is 122 Å². The summed E-state index contributed by atoms with van der Waals surface area (Å²) in [5.74, 6) is 1.39. The fraction of sp³-hybridized carbons (Fsp3) is 0.714. The van der Waals surface area contributed by atoms with Crippen molar-refractivity contribution >= 4 is 11.8 Å². The number of nitrogens with one attached hydrogen (secondary N) is 2. The SMILES string of the molecule is CCCNc1nc(NCC(C)C2CC2)cc(C(F)(F)F)n1. The molecule has 0 aromatic carbocycles. The maximum atomic E-state index is 12.9. The molecule has 1 saturated carbocycles. The van der Waals surface area contributed by atoms with Gasteiger partial charge in [0.25, 0.3) is 0 Å². The molecule has 0 saturated heterocycles. The maximum absolute atomic E-state index is 12.9. The third-order valence-corrected chi connectivity index (χ3v) is 3.58. The van der Waals surface area contributed by atoms with Crippen molar-refractivity contribution in [2.45, 2.75) is 39.3 Å². The molecule has 4 nitrogen and oxygen atoms in total. The molecule has 1 atom stereocenters. The lowest BCUT2D eigenvalue weighted by molar-refractivity contribution is -0.141. The van der Waals surface area contributed by atoms with Crippen LogP contribution in [0.25, 0.3) is 0 Å². The summed E-state index contributed by atoms with van der Waals surface area (Å²) in [7, 11) is 0. The second-order valence-corrected chi connectivity index (χ2v) is 5.58. The molecule has 2 rings (SSSR count). The fourth-order valence-corrected chi connectivity index (χ4v) is 2.10. The van der Waals surface area contributed by atoms with Crippen LogP contribution in [0.1, 0.15) is 38.8 Å². The minimum atomic E-state index is -4.47. The van der Waals surface area contributed by atoms with Crippen LogP contribution in [0.3, 0.4) is 0 Å². The zero-order valence-corrected chi connectivity index (χ0v) is 12.3. The molecule has 1 unspecified atom stereocenters. The average molecular weight is 302 g/mol. The zero-order valence-electron chi connectivity index (χ0n) is 12.3. The summed E-state index contributed by atoms with van der Waals surface area (Å²) >= 11 is 0. The first-order chi connectivity index (χ1) is 9.90. The van der Waals surface area contributed by atoms with Gasteiger partial charge in [0.15, 0.2) is 5.69 Å². The number of hydrogen-bond donors (Lipinski definition) is 2. The standard InChI is InChI=1S/C14H21F3N4/c1-3-6-18-13-20-11(14(15,16)17)7-12(21-13)19-8-9(2)10-4-5-10/h7,9-10H,3-6,8H2,1-2H3,(H2,18,19,20,21). The summed E-state index contributed by atoms with van der Waals surface area (Å²) in [5.41, 5.74) is -0.919. The van der Waals surface area contributed by atoms with Gasteiger partial charge < -0.3 is 10.6 Å². The molecule has 1 aromatic rings. The molecule has 0 aliphatic heterocycles. The van der Waals surface area contributed by atoms with Gasteiger partial charge in [-0.2, -0.15) is 18.2 Å². The quantitative estimate of drug-likeness (QED) is 0.805. The molecule has 21 heavy (non-hydrogen) atoms. The van der Waals surface area contributed by atoms with Crippen LogP contribution in [-0.4, -0.2) is 23.1 Å². The number of nitrogens with zero attached hydrogens (tertiary/aromatic N) is 2. The van der Waals surface area contributed by atoms with E-state index in [1.54, 1.807) is 0 Å². The number of aromatic nitrogens is 2. The second-order valence-electron chi connectivity index (χ2n) is 5.58. The normalized spacial score (nSPS) is 16.6. The van der Waals surface area contributed by atoms with Crippen molar-refractivity contribution < 1.29 is 13.2 Å². The van der Waals surface area contributed by atoms with Crippen molar-refractivity contribution in [3.63, 3.8) is 0 Å². The van der Waals surface area contributed by atoms with E-state index in [9.17, 15) is 13.2 Å². The van der Waals surface area contributed by atoms with Gasteiger partial charge in [-0.3, -0.25) is 0 Å². The number of alkyl halides is 3. The Morgan fingerprint density at radius 1 is 1.29 bits per heavy atom. The van der Waals surface area contributed by atoms with Crippen molar-refractivity contribution in [1.29, 1.82) is 0 Å². The van der Waals surface area contributed by atoms with E-state index in [0.29, 0.717) is 24.9 Å². The lowest BCUT2D eigenvalue weighted by Crippen LogP contribution is -2.17. The van der Waals surface area contributed by atoms with Crippen molar-refractivity contribution in [3.05, 3.63) is 11.8 Å². The van der Waals surface area contributed by atoms with Crippen LogP contribution in [0, 0.1) is 11.8 Å². The third-order valence-electron chi connectivity index (χ3n) is 3.58. The topological polar surface area (TPSA) is 49.8 Å². The largest absolute Gasteiger partial charge is 0.433 e. The Hall–Kier alpha value is -1.53. The Morgan fingerprint density at radius 3 is 2.57 bits per heavy atom. The van der Waals surface area contributed by atoms with Gasteiger partial charge in [-0.05, 0) is 31.1 Å². The highest BCUT2D eigenvalue weighted by molar-refractivity contribution is 5.43. The van der Waals surface area contributed by atoms with Crippen LogP contribution in [0.15, 0.2) is 6.07 Å². The minimum Gasteiger partial charge on any atom is -0.370 e. The zero-order chi connectivity index (χ0) is 15.5. The molecule has 1 aliphatic rings.